The summed E-state index contributed by atoms with van der Waals surface area (Å²) in [5.74, 6) is -0.961. The lowest BCUT2D eigenvalue weighted by molar-refractivity contribution is 0.0697. The van der Waals surface area contributed by atoms with E-state index in [1.807, 2.05) is 30.3 Å². The number of hydrogen-bond donors (Lipinski definition) is 1. The van der Waals surface area contributed by atoms with Crippen LogP contribution in [-0.2, 0) is 0 Å². The van der Waals surface area contributed by atoms with Crippen molar-refractivity contribution < 1.29 is 9.90 Å². The lowest BCUT2D eigenvalue weighted by Gasteiger charge is -2.17. The van der Waals surface area contributed by atoms with E-state index in [4.69, 9.17) is 11.6 Å². The molecule has 0 aliphatic heterocycles. The van der Waals surface area contributed by atoms with E-state index < -0.39 is 5.97 Å². The van der Waals surface area contributed by atoms with Gasteiger partial charge in [0.05, 0.1) is 16.3 Å². The van der Waals surface area contributed by atoms with E-state index in [0.29, 0.717) is 10.7 Å². The van der Waals surface area contributed by atoms with Gasteiger partial charge in [0, 0.05) is 19.7 Å². The summed E-state index contributed by atoms with van der Waals surface area (Å²) in [5.41, 5.74) is 2.47. The largest absolute Gasteiger partial charge is 0.478 e. The molecule has 0 aliphatic rings. The molecule has 4 heteroatoms. The Kier molecular flexibility index (Phi) is 3.76. The van der Waals surface area contributed by atoms with Gasteiger partial charge in [-0.15, -0.1) is 0 Å². The van der Waals surface area contributed by atoms with E-state index >= 15 is 0 Å². The highest BCUT2D eigenvalue weighted by atomic mass is 35.5. The summed E-state index contributed by atoms with van der Waals surface area (Å²) in [6.45, 7) is 0. The SMILES string of the molecule is CN(C)c1cc(Cl)c(-c2ccccc2)cc1C(=O)O. The zero-order valence-electron chi connectivity index (χ0n) is 10.7. The summed E-state index contributed by atoms with van der Waals surface area (Å²) in [4.78, 5) is 13.1. The van der Waals surface area contributed by atoms with Crippen LogP contribution in [0.5, 0.6) is 0 Å². The first-order valence-electron chi connectivity index (χ1n) is 5.80. The number of rotatable bonds is 3. The van der Waals surface area contributed by atoms with Crippen molar-refractivity contribution in [3.63, 3.8) is 0 Å². The molecular formula is C15H14ClNO2. The summed E-state index contributed by atoms with van der Waals surface area (Å²) in [5, 5.41) is 9.85. The van der Waals surface area contributed by atoms with Crippen molar-refractivity contribution in [1.29, 1.82) is 0 Å². The van der Waals surface area contributed by atoms with Gasteiger partial charge in [0.15, 0.2) is 0 Å². The highest BCUT2D eigenvalue weighted by Crippen LogP contribution is 2.34. The molecule has 2 aromatic rings. The number of anilines is 1. The van der Waals surface area contributed by atoms with E-state index in [2.05, 4.69) is 0 Å². The number of halogens is 1. The molecule has 2 aromatic carbocycles. The number of benzene rings is 2. The molecule has 0 amide bonds. The number of hydrogen-bond acceptors (Lipinski definition) is 2. The molecule has 0 heterocycles. The van der Waals surface area contributed by atoms with E-state index in [1.165, 1.54) is 0 Å². The Hall–Kier alpha value is -2.00. The van der Waals surface area contributed by atoms with E-state index in [0.717, 1.165) is 11.1 Å². The van der Waals surface area contributed by atoms with Gasteiger partial charge in [-0.05, 0) is 17.7 Å². The van der Waals surface area contributed by atoms with Gasteiger partial charge in [-0.3, -0.25) is 0 Å². The summed E-state index contributed by atoms with van der Waals surface area (Å²) < 4.78 is 0. The third-order valence-corrected chi connectivity index (χ3v) is 3.20. The smallest absolute Gasteiger partial charge is 0.337 e. The van der Waals surface area contributed by atoms with Gasteiger partial charge in [-0.2, -0.15) is 0 Å². The molecule has 0 aromatic heterocycles. The minimum absolute atomic E-state index is 0.244. The van der Waals surface area contributed by atoms with E-state index in [1.54, 1.807) is 31.1 Å². The fourth-order valence-electron chi connectivity index (χ4n) is 1.94. The van der Waals surface area contributed by atoms with Crippen molar-refractivity contribution in [2.24, 2.45) is 0 Å². The second-order valence-corrected chi connectivity index (χ2v) is 4.82. The first kappa shape index (κ1) is 13.4. The van der Waals surface area contributed by atoms with Crippen LogP contribution in [-0.4, -0.2) is 25.2 Å². The summed E-state index contributed by atoms with van der Waals surface area (Å²) in [6, 6.07) is 12.8. The number of carboxylic acid groups (broad SMARTS) is 1. The third kappa shape index (κ3) is 2.71. The van der Waals surface area contributed by atoms with E-state index in [9.17, 15) is 9.90 Å². The topological polar surface area (TPSA) is 40.5 Å². The summed E-state index contributed by atoms with van der Waals surface area (Å²) in [6.07, 6.45) is 0. The predicted molar refractivity (Wildman–Crippen MR) is 78.2 cm³/mol. The molecule has 0 atom stereocenters. The normalized spacial score (nSPS) is 10.3. The highest BCUT2D eigenvalue weighted by molar-refractivity contribution is 6.34. The fourth-order valence-corrected chi connectivity index (χ4v) is 2.21. The Labute approximate surface area is 117 Å². The molecule has 3 nitrogen and oxygen atoms in total. The van der Waals surface area contributed by atoms with Crippen LogP contribution in [0, 0.1) is 0 Å². The lowest BCUT2D eigenvalue weighted by atomic mass is 10.0. The van der Waals surface area contributed by atoms with Crippen LogP contribution in [0.15, 0.2) is 42.5 Å². The number of carbonyl (C=O) groups is 1. The Morgan fingerprint density at radius 2 is 1.79 bits per heavy atom. The van der Waals surface area contributed by atoms with Gasteiger partial charge < -0.3 is 10.0 Å². The summed E-state index contributed by atoms with van der Waals surface area (Å²) in [7, 11) is 3.58. The van der Waals surface area contributed by atoms with Gasteiger partial charge >= 0.3 is 5.97 Å². The zero-order chi connectivity index (χ0) is 14.0. The van der Waals surface area contributed by atoms with Crippen LogP contribution in [0.25, 0.3) is 11.1 Å². The molecule has 0 saturated carbocycles. The van der Waals surface area contributed by atoms with Crippen molar-refractivity contribution in [2.45, 2.75) is 0 Å². The average Bonchev–Trinajstić information content (AvgIpc) is 2.39. The maximum absolute atomic E-state index is 11.4. The standard InChI is InChI=1S/C15H14ClNO2/c1-17(2)14-9-13(16)11(8-12(14)15(18)19)10-6-4-3-5-7-10/h3-9H,1-2H3,(H,18,19). The monoisotopic (exact) mass is 275 g/mol. The van der Waals surface area contributed by atoms with Crippen molar-refractivity contribution in [3.8, 4) is 11.1 Å². The maximum atomic E-state index is 11.4. The second kappa shape index (κ2) is 5.33. The maximum Gasteiger partial charge on any atom is 0.337 e. The minimum Gasteiger partial charge on any atom is -0.478 e. The lowest BCUT2D eigenvalue weighted by Crippen LogP contribution is -2.14. The number of nitrogens with zero attached hydrogens (tertiary/aromatic N) is 1. The molecule has 0 bridgehead atoms. The van der Waals surface area contributed by atoms with Crippen LogP contribution >= 0.6 is 11.6 Å². The Bertz CT molecular complexity index is 609. The second-order valence-electron chi connectivity index (χ2n) is 4.41. The molecular weight excluding hydrogens is 262 g/mol. The Balaban J connectivity index is 2.65. The molecule has 19 heavy (non-hydrogen) atoms. The molecule has 0 radical (unpaired) electrons. The molecule has 0 unspecified atom stereocenters. The summed E-state index contributed by atoms with van der Waals surface area (Å²) >= 11 is 6.27. The van der Waals surface area contributed by atoms with Crippen molar-refractivity contribution in [2.75, 3.05) is 19.0 Å². The number of aromatic carboxylic acids is 1. The van der Waals surface area contributed by atoms with Gasteiger partial charge in [-0.1, -0.05) is 41.9 Å². The van der Waals surface area contributed by atoms with Crippen LogP contribution in [0.1, 0.15) is 10.4 Å². The van der Waals surface area contributed by atoms with Crippen LogP contribution in [0.3, 0.4) is 0 Å². The number of carboxylic acids is 1. The van der Waals surface area contributed by atoms with Gasteiger partial charge in [-0.25, -0.2) is 4.79 Å². The van der Waals surface area contributed by atoms with Gasteiger partial charge in [0.2, 0.25) is 0 Å². The predicted octanol–water partition coefficient (Wildman–Crippen LogP) is 3.77. The fraction of sp³-hybridized carbons (Fsp3) is 0.133. The molecule has 2 rings (SSSR count). The molecule has 1 N–H and O–H groups in total. The Morgan fingerprint density at radius 3 is 2.32 bits per heavy atom. The van der Waals surface area contributed by atoms with Crippen molar-refractivity contribution >= 4 is 23.3 Å². The minimum atomic E-state index is -0.961. The van der Waals surface area contributed by atoms with Crippen LogP contribution < -0.4 is 4.90 Å². The molecule has 0 fully saturated rings. The zero-order valence-corrected chi connectivity index (χ0v) is 11.5. The first-order chi connectivity index (χ1) is 9.00. The highest BCUT2D eigenvalue weighted by Gasteiger charge is 2.16. The molecule has 0 aliphatic carbocycles. The third-order valence-electron chi connectivity index (χ3n) is 2.88. The Morgan fingerprint density at radius 1 is 1.16 bits per heavy atom. The molecule has 0 saturated heterocycles. The van der Waals surface area contributed by atoms with Gasteiger partial charge in [0.1, 0.15) is 0 Å². The van der Waals surface area contributed by atoms with Crippen LogP contribution in [0.4, 0.5) is 5.69 Å². The van der Waals surface area contributed by atoms with E-state index in [-0.39, 0.29) is 5.56 Å². The van der Waals surface area contributed by atoms with Gasteiger partial charge in [0.25, 0.3) is 0 Å². The average molecular weight is 276 g/mol. The molecule has 0 spiro atoms. The quantitative estimate of drug-likeness (QED) is 0.927. The first-order valence-corrected chi connectivity index (χ1v) is 6.18. The van der Waals surface area contributed by atoms with Crippen LogP contribution in [0.2, 0.25) is 5.02 Å². The molecule has 98 valence electrons. The van der Waals surface area contributed by atoms with Crippen molar-refractivity contribution in [1.82, 2.24) is 0 Å². The van der Waals surface area contributed by atoms with Crippen molar-refractivity contribution in [3.05, 3.63) is 53.1 Å².